The van der Waals surface area contributed by atoms with E-state index in [1.54, 1.807) is 13.8 Å². The van der Waals surface area contributed by atoms with Gasteiger partial charge in [0.1, 0.15) is 22.8 Å². The fourth-order valence-electron chi connectivity index (χ4n) is 6.43. The molecule has 0 spiro atoms. The molecule has 182 valence electrons. The van der Waals surface area contributed by atoms with Gasteiger partial charge in [-0.15, -0.1) is 0 Å². The van der Waals surface area contributed by atoms with Gasteiger partial charge in [-0.2, -0.15) is 0 Å². The van der Waals surface area contributed by atoms with Gasteiger partial charge in [0.15, 0.2) is 17.2 Å². The van der Waals surface area contributed by atoms with Crippen molar-refractivity contribution in [3.63, 3.8) is 0 Å². The lowest BCUT2D eigenvalue weighted by Crippen LogP contribution is -2.63. The number of aliphatic hydroxyl groups excluding tert-OH is 2. The molecular weight excluding hydrogens is 438 g/mol. The van der Waals surface area contributed by atoms with Crippen LogP contribution in [0.1, 0.15) is 62.0 Å². The smallest absolute Gasteiger partial charge is 0.209 e. The van der Waals surface area contributed by atoms with Crippen molar-refractivity contribution in [2.75, 3.05) is 19.0 Å². The second-order valence-electron chi connectivity index (χ2n) is 10.6. The number of ketones is 3. The SMILES string of the molecule is CCc1cc(N(C)C)c2c(c1O)C(=O)C1=C(O)[C@@]3(O)C(=O)C(C(C)=O)=C(O)C[C@@]3(C)C[C@@]1(C)C2. The summed E-state index contributed by atoms with van der Waals surface area (Å²) in [6.45, 7) is 6.30. The maximum atomic E-state index is 13.9. The first-order valence-corrected chi connectivity index (χ1v) is 11.4. The number of fused-ring (bicyclic) bond motifs is 3. The van der Waals surface area contributed by atoms with Gasteiger partial charge in [-0.05, 0) is 43.4 Å². The third-order valence-electron chi connectivity index (χ3n) is 7.94. The van der Waals surface area contributed by atoms with Crippen molar-refractivity contribution < 1.29 is 34.8 Å². The molecule has 1 aromatic carbocycles. The molecule has 0 unspecified atom stereocenters. The summed E-state index contributed by atoms with van der Waals surface area (Å²) in [4.78, 5) is 41.2. The topological polar surface area (TPSA) is 135 Å². The van der Waals surface area contributed by atoms with Crippen LogP contribution in [0.5, 0.6) is 5.75 Å². The molecule has 3 atom stereocenters. The molecule has 0 radical (unpaired) electrons. The molecule has 0 saturated heterocycles. The highest BCUT2D eigenvalue weighted by Crippen LogP contribution is 2.62. The van der Waals surface area contributed by atoms with Crippen LogP contribution in [-0.2, 0) is 22.4 Å². The molecule has 0 aliphatic heterocycles. The van der Waals surface area contributed by atoms with Crippen molar-refractivity contribution in [2.24, 2.45) is 10.8 Å². The molecule has 0 amide bonds. The van der Waals surface area contributed by atoms with Crippen molar-refractivity contribution in [3.05, 3.63) is 45.4 Å². The Labute approximate surface area is 198 Å². The standard InChI is InChI=1S/C26H31NO7/c1-7-13-8-15(27(5)6)14-9-24(3)11-25(4)10-16(29)17(12(2)28)22(32)26(25,34)23(33)19(24)21(31)18(14)20(13)30/h8,29-30,33-34H,7,9-11H2,1-6H3/t24-,25+,26+/m1/s1. The second kappa shape index (κ2) is 7.18. The highest BCUT2D eigenvalue weighted by atomic mass is 16.3. The van der Waals surface area contributed by atoms with E-state index in [-0.39, 0.29) is 36.1 Å². The van der Waals surface area contributed by atoms with E-state index in [1.807, 2.05) is 32.0 Å². The van der Waals surface area contributed by atoms with Crippen molar-refractivity contribution >= 4 is 23.0 Å². The number of benzene rings is 1. The molecule has 0 fully saturated rings. The predicted molar refractivity (Wildman–Crippen MR) is 125 cm³/mol. The Hall–Kier alpha value is -3.13. The molecule has 4 N–H and O–H groups in total. The third-order valence-corrected chi connectivity index (χ3v) is 7.94. The van der Waals surface area contributed by atoms with Gasteiger partial charge in [0.2, 0.25) is 5.78 Å². The van der Waals surface area contributed by atoms with Gasteiger partial charge in [-0.1, -0.05) is 20.8 Å². The van der Waals surface area contributed by atoms with Crippen molar-refractivity contribution in [1.82, 2.24) is 0 Å². The average Bonchev–Trinajstić information content (AvgIpc) is 2.70. The number of aliphatic hydroxyl groups is 3. The Kier molecular flexibility index (Phi) is 5.07. The van der Waals surface area contributed by atoms with Gasteiger partial charge in [-0.3, -0.25) is 14.4 Å². The van der Waals surface area contributed by atoms with Gasteiger partial charge in [0, 0.05) is 42.6 Å². The van der Waals surface area contributed by atoms with E-state index in [2.05, 4.69) is 0 Å². The summed E-state index contributed by atoms with van der Waals surface area (Å²) >= 11 is 0. The molecule has 8 heteroatoms. The molecule has 0 heterocycles. The molecule has 3 aliphatic rings. The Morgan fingerprint density at radius 3 is 2.26 bits per heavy atom. The number of hydrogen-bond donors (Lipinski definition) is 4. The number of rotatable bonds is 3. The van der Waals surface area contributed by atoms with Crippen LogP contribution in [0.15, 0.2) is 28.7 Å². The highest BCUT2D eigenvalue weighted by molar-refractivity contribution is 6.25. The first-order valence-electron chi connectivity index (χ1n) is 11.4. The van der Waals surface area contributed by atoms with E-state index < -0.39 is 50.9 Å². The van der Waals surface area contributed by atoms with E-state index in [0.717, 1.165) is 12.6 Å². The quantitative estimate of drug-likeness (QED) is 0.496. The van der Waals surface area contributed by atoms with Gasteiger partial charge in [0.05, 0.1) is 5.56 Å². The number of allylic oxidation sites excluding steroid dienone is 2. The van der Waals surface area contributed by atoms with E-state index in [4.69, 9.17) is 0 Å². The zero-order valence-corrected chi connectivity index (χ0v) is 20.4. The van der Waals surface area contributed by atoms with Crippen LogP contribution >= 0.6 is 0 Å². The molecule has 3 aliphatic carbocycles. The van der Waals surface area contributed by atoms with Crippen LogP contribution in [0.4, 0.5) is 5.69 Å². The predicted octanol–water partition coefficient (Wildman–Crippen LogP) is 3.09. The summed E-state index contributed by atoms with van der Waals surface area (Å²) in [5.74, 6) is -3.89. The molecule has 0 saturated carbocycles. The molecule has 0 bridgehead atoms. The lowest BCUT2D eigenvalue weighted by molar-refractivity contribution is -0.158. The van der Waals surface area contributed by atoms with Gasteiger partial charge in [0.25, 0.3) is 0 Å². The third kappa shape index (κ3) is 2.78. The number of nitrogens with zero attached hydrogens (tertiary/aromatic N) is 1. The average molecular weight is 470 g/mol. The number of anilines is 1. The molecule has 4 rings (SSSR count). The monoisotopic (exact) mass is 469 g/mol. The second-order valence-corrected chi connectivity index (χ2v) is 10.6. The van der Waals surface area contributed by atoms with Crippen LogP contribution in [0, 0.1) is 10.8 Å². The van der Waals surface area contributed by atoms with E-state index in [9.17, 15) is 34.8 Å². The summed E-state index contributed by atoms with van der Waals surface area (Å²) in [6, 6.07) is 1.85. The Bertz CT molecular complexity index is 1240. The van der Waals surface area contributed by atoms with Crippen LogP contribution in [-0.4, -0.2) is 57.5 Å². The summed E-state index contributed by atoms with van der Waals surface area (Å²) in [7, 11) is 3.68. The Morgan fingerprint density at radius 2 is 1.74 bits per heavy atom. The fourth-order valence-corrected chi connectivity index (χ4v) is 6.43. The van der Waals surface area contributed by atoms with E-state index >= 15 is 0 Å². The van der Waals surface area contributed by atoms with Crippen LogP contribution in [0.2, 0.25) is 0 Å². The summed E-state index contributed by atoms with van der Waals surface area (Å²) in [6.07, 6.45) is 0.619. The summed E-state index contributed by atoms with van der Waals surface area (Å²) in [5, 5.41) is 44.6. The minimum absolute atomic E-state index is 0.0581. The van der Waals surface area contributed by atoms with E-state index in [0.29, 0.717) is 17.5 Å². The number of phenolic OH excluding ortho intramolecular Hbond substituents is 1. The van der Waals surface area contributed by atoms with E-state index in [1.165, 1.54) is 0 Å². The zero-order chi connectivity index (χ0) is 25.5. The lowest BCUT2D eigenvalue weighted by atomic mass is 9.48. The zero-order valence-electron chi connectivity index (χ0n) is 20.4. The fraction of sp³-hybridized carbons (Fsp3) is 0.500. The summed E-state index contributed by atoms with van der Waals surface area (Å²) in [5.41, 5.74) is -3.58. The van der Waals surface area contributed by atoms with Crippen molar-refractivity contribution in [1.29, 1.82) is 0 Å². The lowest BCUT2D eigenvalue weighted by Gasteiger charge is -2.56. The number of phenols is 1. The first kappa shape index (κ1) is 24.0. The normalized spacial score (nSPS) is 30.7. The van der Waals surface area contributed by atoms with Gasteiger partial charge in [-0.25, -0.2) is 0 Å². The van der Waals surface area contributed by atoms with Crippen LogP contribution < -0.4 is 4.90 Å². The number of carbonyl (C=O) groups is 3. The van der Waals surface area contributed by atoms with Crippen molar-refractivity contribution in [2.45, 2.75) is 59.0 Å². The molecule has 8 nitrogen and oxygen atoms in total. The molecule has 1 aromatic rings. The molecule has 0 aromatic heterocycles. The number of aryl methyl sites for hydroxylation is 1. The molecular formula is C26H31NO7. The maximum Gasteiger partial charge on any atom is 0.209 e. The number of hydrogen-bond acceptors (Lipinski definition) is 8. The largest absolute Gasteiger partial charge is 0.511 e. The number of carbonyl (C=O) groups excluding carboxylic acids is 3. The minimum Gasteiger partial charge on any atom is -0.511 e. The van der Waals surface area contributed by atoms with Gasteiger partial charge >= 0.3 is 0 Å². The Morgan fingerprint density at radius 1 is 1.12 bits per heavy atom. The first-order chi connectivity index (χ1) is 15.6. The van der Waals surface area contributed by atoms with Crippen molar-refractivity contribution in [3.8, 4) is 5.75 Å². The van der Waals surface area contributed by atoms with Gasteiger partial charge < -0.3 is 25.3 Å². The van der Waals surface area contributed by atoms with Crippen LogP contribution in [0.25, 0.3) is 0 Å². The minimum atomic E-state index is -2.55. The summed E-state index contributed by atoms with van der Waals surface area (Å²) < 4.78 is 0. The maximum absolute atomic E-state index is 13.9. The number of aromatic hydroxyl groups is 1. The van der Waals surface area contributed by atoms with Crippen LogP contribution in [0.3, 0.4) is 0 Å². The Balaban J connectivity index is 2.05. The molecule has 34 heavy (non-hydrogen) atoms. The highest BCUT2D eigenvalue weighted by Gasteiger charge is 2.67. The number of Topliss-reactive ketones (excluding diaryl/α,β-unsaturated/α-hetero) is 3.